The molecule has 1 heterocycles. The molecule has 2 unspecified atom stereocenters. The molecule has 23 heavy (non-hydrogen) atoms. The Bertz CT molecular complexity index is 752. The van der Waals surface area contributed by atoms with Crippen LogP contribution in [0, 0.1) is 0 Å². The molecule has 1 aromatic carbocycles. The van der Waals surface area contributed by atoms with Gasteiger partial charge in [0.15, 0.2) is 5.69 Å². The van der Waals surface area contributed by atoms with Crippen LogP contribution in [0.2, 0.25) is 0 Å². The summed E-state index contributed by atoms with van der Waals surface area (Å²) in [5.74, 6) is -0.0555. The van der Waals surface area contributed by atoms with Crippen LogP contribution in [0.1, 0.15) is 46.7 Å². The number of H-pyrrole nitrogens is 1. The molecule has 0 saturated heterocycles. The number of nitrogens with zero attached hydrogens (tertiary/aromatic N) is 2. The van der Waals surface area contributed by atoms with E-state index < -0.39 is 10.8 Å². The summed E-state index contributed by atoms with van der Waals surface area (Å²) >= 11 is 0. The quantitative estimate of drug-likeness (QED) is 0.936. The van der Waals surface area contributed by atoms with Gasteiger partial charge in [0.1, 0.15) is 0 Å². The van der Waals surface area contributed by atoms with E-state index in [-0.39, 0.29) is 11.9 Å². The van der Waals surface area contributed by atoms with Crippen LogP contribution < -0.4 is 0 Å². The number of fused-ring (bicyclic) bond motifs is 1. The van der Waals surface area contributed by atoms with Crippen LogP contribution in [-0.2, 0) is 23.6 Å². The summed E-state index contributed by atoms with van der Waals surface area (Å²) in [7, 11) is 0.812. The Labute approximate surface area is 138 Å². The number of amides is 1. The van der Waals surface area contributed by atoms with Gasteiger partial charge in [-0.15, -0.1) is 0 Å². The summed E-state index contributed by atoms with van der Waals surface area (Å²) in [5, 5.41) is 7.21. The van der Waals surface area contributed by atoms with Crippen LogP contribution in [0.15, 0.2) is 29.2 Å². The van der Waals surface area contributed by atoms with E-state index >= 15 is 0 Å². The van der Waals surface area contributed by atoms with Crippen LogP contribution in [-0.4, -0.2) is 38.5 Å². The molecule has 1 aliphatic carbocycles. The molecule has 5 nitrogen and oxygen atoms in total. The minimum absolute atomic E-state index is 0.0555. The van der Waals surface area contributed by atoms with Gasteiger partial charge in [-0.25, -0.2) is 0 Å². The Morgan fingerprint density at radius 1 is 1.30 bits per heavy atom. The van der Waals surface area contributed by atoms with Gasteiger partial charge in [0.25, 0.3) is 5.91 Å². The fourth-order valence-electron chi connectivity index (χ4n) is 3.00. The van der Waals surface area contributed by atoms with Gasteiger partial charge >= 0.3 is 0 Å². The van der Waals surface area contributed by atoms with Crippen LogP contribution in [0.25, 0.3) is 0 Å². The molecule has 1 N–H and O–H groups in total. The highest BCUT2D eigenvalue weighted by molar-refractivity contribution is 7.84. The van der Waals surface area contributed by atoms with Gasteiger partial charge in [0, 0.05) is 40.3 Å². The molecular weight excluding hydrogens is 310 g/mol. The van der Waals surface area contributed by atoms with E-state index in [1.54, 1.807) is 18.2 Å². The lowest BCUT2D eigenvalue weighted by atomic mass is 10.1. The molecule has 0 radical (unpaired) electrons. The number of nitrogens with one attached hydrogen (secondary N) is 1. The molecule has 1 aromatic heterocycles. The van der Waals surface area contributed by atoms with Gasteiger partial charge in [-0.05, 0) is 43.9 Å². The smallest absolute Gasteiger partial charge is 0.274 e. The van der Waals surface area contributed by atoms with E-state index in [1.807, 2.05) is 31.2 Å². The molecule has 122 valence electrons. The molecule has 1 amide bonds. The number of carbonyl (C=O) groups excluding carboxylic acids is 1. The second-order valence-corrected chi connectivity index (χ2v) is 7.38. The summed E-state index contributed by atoms with van der Waals surface area (Å²) in [6, 6.07) is 7.50. The summed E-state index contributed by atoms with van der Waals surface area (Å²) in [4.78, 5) is 15.3. The van der Waals surface area contributed by atoms with Crippen molar-refractivity contribution in [3.05, 3.63) is 46.8 Å². The first-order valence-electron chi connectivity index (χ1n) is 7.75. The first-order chi connectivity index (χ1) is 11.0. The van der Waals surface area contributed by atoms with Crippen molar-refractivity contribution >= 4 is 16.7 Å². The number of rotatable bonds is 4. The summed E-state index contributed by atoms with van der Waals surface area (Å²) in [6.07, 6.45) is 4.64. The number of hydrogen-bond donors (Lipinski definition) is 1. The lowest BCUT2D eigenvalue weighted by Gasteiger charge is -2.25. The highest BCUT2D eigenvalue weighted by atomic mass is 32.2. The number of aromatic nitrogens is 2. The highest BCUT2D eigenvalue weighted by Crippen LogP contribution is 2.26. The highest BCUT2D eigenvalue weighted by Gasteiger charge is 2.27. The molecule has 0 bridgehead atoms. The fourth-order valence-corrected chi connectivity index (χ4v) is 3.52. The third-order valence-corrected chi connectivity index (χ3v) is 5.54. The van der Waals surface area contributed by atoms with Gasteiger partial charge in [-0.1, -0.05) is 12.1 Å². The first kappa shape index (κ1) is 15.9. The first-order valence-corrected chi connectivity index (χ1v) is 9.31. The zero-order valence-corrected chi connectivity index (χ0v) is 14.4. The maximum Gasteiger partial charge on any atom is 0.274 e. The Morgan fingerprint density at radius 2 is 2.00 bits per heavy atom. The predicted octanol–water partition coefficient (Wildman–Crippen LogP) is 2.47. The molecular formula is C17H21N3O2S. The molecule has 6 heteroatoms. The van der Waals surface area contributed by atoms with Crippen molar-refractivity contribution in [2.75, 3.05) is 13.3 Å². The molecule has 0 aliphatic heterocycles. The third kappa shape index (κ3) is 2.95. The van der Waals surface area contributed by atoms with Gasteiger partial charge in [0.05, 0.1) is 6.04 Å². The second-order valence-electron chi connectivity index (χ2n) is 6.00. The zero-order chi connectivity index (χ0) is 16.6. The Balaban J connectivity index is 1.79. The number of hydrogen-bond acceptors (Lipinski definition) is 3. The SMILES string of the molecule is CC(c1ccc(S(C)=O)cc1)N(C)C(=O)c1n[nH]c2c1CCC2. The topological polar surface area (TPSA) is 66.1 Å². The van der Waals surface area contributed by atoms with E-state index in [9.17, 15) is 9.00 Å². The van der Waals surface area contributed by atoms with Gasteiger partial charge in [-0.2, -0.15) is 5.10 Å². The number of carbonyl (C=O) groups is 1. The molecule has 0 fully saturated rings. The van der Waals surface area contributed by atoms with Crippen LogP contribution in [0.4, 0.5) is 0 Å². The Hall–Kier alpha value is -1.95. The number of aromatic amines is 1. The van der Waals surface area contributed by atoms with E-state index in [4.69, 9.17) is 0 Å². The number of benzene rings is 1. The van der Waals surface area contributed by atoms with Gasteiger partial charge in [0.2, 0.25) is 0 Å². The summed E-state index contributed by atoms with van der Waals surface area (Å²) in [5.41, 5.74) is 3.75. The third-order valence-electron chi connectivity index (χ3n) is 4.60. The van der Waals surface area contributed by atoms with Crippen molar-refractivity contribution < 1.29 is 9.00 Å². The fraction of sp³-hybridized carbons (Fsp3) is 0.412. The molecule has 0 spiro atoms. The maximum atomic E-state index is 12.8. The van der Waals surface area contributed by atoms with Crippen LogP contribution >= 0.6 is 0 Å². The van der Waals surface area contributed by atoms with E-state index in [0.29, 0.717) is 5.69 Å². The molecule has 1 aliphatic rings. The number of aryl methyl sites for hydroxylation is 1. The van der Waals surface area contributed by atoms with Gasteiger partial charge < -0.3 is 4.90 Å². The predicted molar refractivity (Wildman–Crippen MR) is 89.9 cm³/mol. The summed E-state index contributed by atoms with van der Waals surface area (Å²) in [6.45, 7) is 1.99. The van der Waals surface area contributed by atoms with Crippen molar-refractivity contribution in [2.24, 2.45) is 0 Å². The minimum Gasteiger partial charge on any atom is -0.334 e. The van der Waals surface area contributed by atoms with E-state index in [0.717, 1.165) is 41.0 Å². The van der Waals surface area contributed by atoms with Crippen molar-refractivity contribution in [3.8, 4) is 0 Å². The summed E-state index contributed by atoms with van der Waals surface area (Å²) < 4.78 is 11.5. The molecule has 2 atom stereocenters. The van der Waals surface area contributed by atoms with Crippen LogP contribution in [0.3, 0.4) is 0 Å². The van der Waals surface area contributed by atoms with Crippen molar-refractivity contribution in [1.29, 1.82) is 0 Å². The average Bonchev–Trinajstić information content (AvgIpc) is 3.16. The van der Waals surface area contributed by atoms with Crippen molar-refractivity contribution in [2.45, 2.75) is 37.1 Å². The standard InChI is InChI=1S/C17H21N3O2S/c1-11(12-7-9-13(10-8-12)23(3)22)20(2)17(21)16-14-5-4-6-15(14)18-19-16/h7-11H,4-6H2,1-3H3,(H,18,19). The Kier molecular flexibility index (Phi) is 4.35. The molecule has 0 saturated carbocycles. The lowest BCUT2D eigenvalue weighted by molar-refractivity contribution is 0.0735. The van der Waals surface area contributed by atoms with Crippen molar-refractivity contribution in [3.63, 3.8) is 0 Å². The monoisotopic (exact) mass is 331 g/mol. The largest absolute Gasteiger partial charge is 0.334 e. The van der Waals surface area contributed by atoms with Gasteiger partial charge in [-0.3, -0.25) is 14.1 Å². The molecule has 2 aromatic rings. The van der Waals surface area contributed by atoms with Crippen molar-refractivity contribution in [1.82, 2.24) is 15.1 Å². The average molecular weight is 331 g/mol. The van der Waals surface area contributed by atoms with E-state index in [1.165, 1.54) is 0 Å². The maximum absolute atomic E-state index is 12.8. The second kappa shape index (κ2) is 6.28. The van der Waals surface area contributed by atoms with Crippen LogP contribution in [0.5, 0.6) is 0 Å². The zero-order valence-electron chi connectivity index (χ0n) is 13.6. The Morgan fingerprint density at radius 3 is 2.65 bits per heavy atom. The molecule has 3 rings (SSSR count). The van der Waals surface area contributed by atoms with E-state index in [2.05, 4.69) is 10.2 Å². The minimum atomic E-state index is -0.989. The lowest BCUT2D eigenvalue weighted by Crippen LogP contribution is -2.30. The normalized spacial score (nSPS) is 16.0.